The number of amides is 2. The predicted octanol–water partition coefficient (Wildman–Crippen LogP) is 1.62. The first-order valence-corrected chi connectivity index (χ1v) is 6.62. The number of hydrogen-bond donors (Lipinski definition) is 2. The van der Waals surface area contributed by atoms with Crippen molar-refractivity contribution in [3.63, 3.8) is 0 Å². The number of carbonyl (C=O) groups excluding carboxylic acids is 2. The molecule has 0 aliphatic rings. The van der Waals surface area contributed by atoms with Crippen molar-refractivity contribution in [3.05, 3.63) is 29.3 Å². The Kier molecular flexibility index (Phi) is 5.27. The van der Waals surface area contributed by atoms with Crippen molar-refractivity contribution in [2.75, 3.05) is 19.4 Å². The third kappa shape index (κ3) is 3.81. The predicted molar refractivity (Wildman–Crippen MR) is 80.6 cm³/mol. The molecule has 0 unspecified atom stereocenters. The van der Waals surface area contributed by atoms with Gasteiger partial charge in [0.15, 0.2) is 0 Å². The van der Waals surface area contributed by atoms with Crippen LogP contribution in [0, 0.1) is 12.8 Å². The average Bonchev–Trinajstić information content (AvgIpc) is 2.39. The zero-order valence-electron chi connectivity index (χ0n) is 12.7. The van der Waals surface area contributed by atoms with Crippen LogP contribution in [0.15, 0.2) is 18.2 Å². The number of rotatable bonds is 4. The molecule has 5 heteroatoms. The summed E-state index contributed by atoms with van der Waals surface area (Å²) in [5, 5.41) is 2.79. The van der Waals surface area contributed by atoms with Crippen LogP contribution < -0.4 is 11.1 Å². The fourth-order valence-electron chi connectivity index (χ4n) is 1.67. The molecule has 1 atom stereocenters. The molecule has 0 saturated heterocycles. The fraction of sp³-hybridized carbons (Fsp3) is 0.467. The minimum Gasteiger partial charge on any atom is -0.345 e. The first-order chi connectivity index (χ1) is 9.23. The highest BCUT2D eigenvalue weighted by Crippen LogP contribution is 2.18. The topological polar surface area (TPSA) is 75.4 Å². The van der Waals surface area contributed by atoms with E-state index in [1.807, 2.05) is 26.8 Å². The van der Waals surface area contributed by atoms with Crippen LogP contribution in [0.3, 0.4) is 0 Å². The van der Waals surface area contributed by atoms with Crippen molar-refractivity contribution in [2.24, 2.45) is 11.7 Å². The molecule has 5 nitrogen and oxygen atoms in total. The second-order valence-electron chi connectivity index (χ2n) is 5.49. The van der Waals surface area contributed by atoms with Crippen LogP contribution >= 0.6 is 0 Å². The Morgan fingerprint density at radius 1 is 1.25 bits per heavy atom. The molecular weight excluding hydrogens is 254 g/mol. The van der Waals surface area contributed by atoms with E-state index >= 15 is 0 Å². The van der Waals surface area contributed by atoms with Gasteiger partial charge in [0, 0.05) is 25.3 Å². The summed E-state index contributed by atoms with van der Waals surface area (Å²) in [4.78, 5) is 25.4. The molecule has 0 saturated carbocycles. The second-order valence-corrected chi connectivity index (χ2v) is 5.49. The zero-order valence-corrected chi connectivity index (χ0v) is 12.7. The first-order valence-electron chi connectivity index (χ1n) is 6.62. The zero-order chi connectivity index (χ0) is 15.4. The molecule has 1 aromatic rings. The van der Waals surface area contributed by atoms with Gasteiger partial charge in [-0.3, -0.25) is 9.59 Å². The van der Waals surface area contributed by atoms with E-state index in [4.69, 9.17) is 5.73 Å². The number of aryl methyl sites for hydroxylation is 1. The Bertz CT molecular complexity index is 510. The van der Waals surface area contributed by atoms with Crippen LogP contribution in [0.5, 0.6) is 0 Å². The molecule has 2 amide bonds. The van der Waals surface area contributed by atoms with Crippen LogP contribution in [0.1, 0.15) is 29.8 Å². The summed E-state index contributed by atoms with van der Waals surface area (Å²) in [6.07, 6.45) is 0. The summed E-state index contributed by atoms with van der Waals surface area (Å²) in [6, 6.07) is 4.67. The van der Waals surface area contributed by atoms with Crippen molar-refractivity contribution in [1.29, 1.82) is 0 Å². The largest absolute Gasteiger partial charge is 0.345 e. The third-order valence-electron chi connectivity index (χ3n) is 3.17. The summed E-state index contributed by atoms with van der Waals surface area (Å²) in [6.45, 7) is 5.66. The van der Waals surface area contributed by atoms with E-state index in [1.54, 1.807) is 26.2 Å². The highest BCUT2D eigenvalue weighted by Gasteiger charge is 2.18. The van der Waals surface area contributed by atoms with Crippen molar-refractivity contribution >= 4 is 17.5 Å². The lowest BCUT2D eigenvalue weighted by Gasteiger charge is -2.17. The normalized spacial score (nSPS) is 12.2. The van der Waals surface area contributed by atoms with Gasteiger partial charge in [0.05, 0.1) is 6.04 Å². The van der Waals surface area contributed by atoms with Crippen LogP contribution in [0.25, 0.3) is 0 Å². The summed E-state index contributed by atoms with van der Waals surface area (Å²) in [5.41, 5.74) is 7.87. The van der Waals surface area contributed by atoms with Gasteiger partial charge in [0.25, 0.3) is 5.91 Å². The number of carbonyl (C=O) groups is 2. The smallest absolute Gasteiger partial charge is 0.253 e. The molecule has 0 aromatic heterocycles. The van der Waals surface area contributed by atoms with E-state index in [0.717, 1.165) is 5.56 Å². The lowest BCUT2D eigenvalue weighted by molar-refractivity contribution is -0.118. The molecular formula is C15H23N3O2. The van der Waals surface area contributed by atoms with E-state index < -0.39 is 6.04 Å². The Balaban J connectivity index is 2.98. The standard InChI is InChI=1S/C15H23N3O2/c1-9(2)13(16)14(19)17-12-8-11(7-6-10(12)3)15(20)18(4)5/h6-9,13H,16H2,1-5H3,(H,17,19)/t13-/m0/s1. The molecule has 0 fully saturated rings. The van der Waals surface area contributed by atoms with Gasteiger partial charge in [0.1, 0.15) is 0 Å². The number of nitrogens with zero attached hydrogens (tertiary/aromatic N) is 1. The monoisotopic (exact) mass is 277 g/mol. The maximum atomic E-state index is 12.0. The fourth-order valence-corrected chi connectivity index (χ4v) is 1.67. The number of hydrogen-bond acceptors (Lipinski definition) is 3. The number of nitrogens with two attached hydrogens (primary N) is 1. The summed E-state index contributed by atoms with van der Waals surface area (Å²) < 4.78 is 0. The molecule has 110 valence electrons. The molecule has 0 aliphatic heterocycles. The van der Waals surface area contributed by atoms with Gasteiger partial charge in [-0.2, -0.15) is 0 Å². The van der Waals surface area contributed by atoms with Crippen molar-refractivity contribution in [2.45, 2.75) is 26.8 Å². The Morgan fingerprint density at radius 3 is 2.35 bits per heavy atom. The maximum Gasteiger partial charge on any atom is 0.253 e. The minimum atomic E-state index is -0.567. The molecule has 0 bridgehead atoms. The van der Waals surface area contributed by atoms with Gasteiger partial charge < -0.3 is 16.0 Å². The van der Waals surface area contributed by atoms with Gasteiger partial charge in [-0.1, -0.05) is 19.9 Å². The van der Waals surface area contributed by atoms with Gasteiger partial charge in [0.2, 0.25) is 5.91 Å². The average molecular weight is 277 g/mol. The number of nitrogens with one attached hydrogen (secondary N) is 1. The molecule has 0 aliphatic carbocycles. The highest BCUT2D eigenvalue weighted by molar-refractivity contribution is 5.99. The van der Waals surface area contributed by atoms with E-state index in [0.29, 0.717) is 11.3 Å². The van der Waals surface area contributed by atoms with Crippen LogP contribution in [0.4, 0.5) is 5.69 Å². The summed E-state index contributed by atoms with van der Waals surface area (Å²) in [5.74, 6) is -0.284. The maximum absolute atomic E-state index is 12.0. The molecule has 0 spiro atoms. The van der Waals surface area contributed by atoms with Gasteiger partial charge in [-0.05, 0) is 30.5 Å². The Morgan fingerprint density at radius 2 is 1.85 bits per heavy atom. The highest BCUT2D eigenvalue weighted by atomic mass is 16.2. The van der Waals surface area contributed by atoms with Crippen molar-refractivity contribution in [3.8, 4) is 0 Å². The van der Waals surface area contributed by atoms with Gasteiger partial charge in [-0.15, -0.1) is 0 Å². The van der Waals surface area contributed by atoms with Gasteiger partial charge in [-0.25, -0.2) is 0 Å². The molecule has 1 rings (SSSR count). The Labute approximate surface area is 120 Å². The molecule has 3 N–H and O–H groups in total. The lowest BCUT2D eigenvalue weighted by Crippen LogP contribution is -2.39. The molecule has 20 heavy (non-hydrogen) atoms. The summed E-state index contributed by atoms with van der Waals surface area (Å²) in [7, 11) is 3.38. The SMILES string of the molecule is Cc1ccc(C(=O)N(C)C)cc1NC(=O)[C@@H](N)C(C)C. The first kappa shape index (κ1) is 16.2. The van der Waals surface area contributed by atoms with E-state index in [1.165, 1.54) is 4.90 Å². The van der Waals surface area contributed by atoms with Crippen LogP contribution in [-0.4, -0.2) is 36.9 Å². The second kappa shape index (κ2) is 6.52. The van der Waals surface area contributed by atoms with Crippen molar-refractivity contribution < 1.29 is 9.59 Å². The molecule has 0 radical (unpaired) electrons. The Hall–Kier alpha value is -1.88. The van der Waals surface area contributed by atoms with Crippen molar-refractivity contribution in [1.82, 2.24) is 4.90 Å². The van der Waals surface area contributed by atoms with E-state index in [9.17, 15) is 9.59 Å². The van der Waals surface area contributed by atoms with Crippen LogP contribution in [-0.2, 0) is 4.79 Å². The quantitative estimate of drug-likeness (QED) is 0.878. The summed E-state index contributed by atoms with van der Waals surface area (Å²) >= 11 is 0. The van der Waals surface area contributed by atoms with E-state index in [2.05, 4.69) is 5.32 Å². The lowest BCUT2D eigenvalue weighted by atomic mass is 10.0. The number of benzene rings is 1. The third-order valence-corrected chi connectivity index (χ3v) is 3.17. The molecule has 1 aromatic carbocycles. The van der Waals surface area contributed by atoms with Crippen LogP contribution in [0.2, 0.25) is 0 Å². The van der Waals surface area contributed by atoms with E-state index in [-0.39, 0.29) is 17.7 Å². The van der Waals surface area contributed by atoms with Gasteiger partial charge >= 0.3 is 0 Å². The minimum absolute atomic E-state index is 0.0573. The number of anilines is 1. The molecule has 0 heterocycles.